The summed E-state index contributed by atoms with van der Waals surface area (Å²) in [5.41, 5.74) is 5.35. The highest BCUT2D eigenvalue weighted by Crippen LogP contribution is 2.40. The van der Waals surface area contributed by atoms with E-state index in [1.54, 1.807) is 0 Å². The molecule has 4 rings (SSSR count). The van der Waals surface area contributed by atoms with Crippen molar-refractivity contribution in [3.05, 3.63) is 33.4 Å². The quantitative estimate of drug-likeness (QED) is 0.108. The molecule has 4 heterocycles. The number of thiazole rings is 2. The normalized spacial score (nSPS) is 18.5. The van der Waals surface area contributed by atoms with Gasteiger partial charge in [0.15, 0.2) is 21.7 Å². The summed E-state index contributed by atoms with van der Waals surface area (Å²) in [5.74, 6) is -4.01. The number of carboxylic acids is 1. The van der Waals surface area contributed by atoms with Gasteiger partial charge in [-0.3, -0.25) is 29.4 Å². The molecule has 2 aromatic heterocycles. The molecule has 2 atom stereocenters. The highest BCUT2D eigenvalue weighted by atomic mass is 32.2. The number of nitrogen functional groups attached to an aromatic ring is 1. The minimum absolute atomic E-state index is 0.0208. The topological polar surface area (TPSA) is 237 Å². The summed E-state index contributed by atoms with van der Waals surface area (Å²) in [6.07, 6.45) is 0. The number of aliphatic carboxylic acids is 1. The molecule has 5 N–H and O–H groups in total. The van der Waals surface area contributed by atoms with Gasteiger partial charge in [-0.25, -0.2) is 14.8 Å². The van der Waals surface area contributed by atoms with Crippen molar-refractivity contribution in [3.63, 3.8) is 0 Å². The zero-order valence-electron chi connectivity index (χ0n) is 22.0. The average Bonchev–Trinajstić information content (AvgIpc) is 3.59. The van der Waals surface area contributed by atoms with Crippen LogP contribution in [-0.4, -0.2) is 99.1 Å². The molecule has 0 spiro atoms. The predicted octanol–water partition coefficient (Wildman–Crippen LogP) is -0.177. The lowest BCUT2D eigenvalue weighted by atomic mass is 10.0. The molecule has 2 aromatic rings. The summed E-state index contributed by atoms with van der Waals surface area (Å²) in [7, 11) is 2.46. The lowest BCUT2D eigenvalue weighted by molar-refractivity contribution is -0.150. The number of aromatic nitrogens is 2. The number of fused-ring (bicyclic) bond motifs is 1. The number of ether oxygens (including phenoxy) is 1. The van der Waals surface area contributed by atoms with Crippen molar-refractivity contribution in [1.29, 1.82) is 0 Å². The van der Waals surface area contributed by atoms with Crippen molar-refractivity contribution < 1.29 is 43.5 Å². The number of carbonyl (C=O) groups is 5. The first-order valence-electron chi connectivity index (χ1n) is 11.6. The van der Waals surface area contributed by atoms with Gasteiger partial charge in [0.2, 0.25) is 0 Å². The van der Waals surface area contributed by atoms with Crippen molar-refractivity contribution in [1.82, 2.24) is 20.2 Å². The van der Waals surface area contributed by atoms with E-state index in [1.165, 1.54) is 43.7 Å². The third-order valence-corrected chi connectivity index (χ3v) is 8.28. The van der Waals surface area contributed by atoms with E-state index >= 15 is 0 Å². The summed E-state index contributed by atoms with van der Waals surface area (Å²) in [5, 5.41) is 24.7. The molecule has 0 saturated carbocycles. The van der Waals surface area contributed by atoms with Gasteiger partial charge in [0, 0.05) is 29.0 Å². The van der Waals surface area contributed by atoms with E-state index in [-0.39, 0.29) is 56.7 Å². The van der Waals surface area contributed by atoms with Gasteiger partial charge < -0.3 is 30.6 Å². The zero-order valence-corrected chi connectivity index (χ0v) is 24.4. The number of β-lactam (4-membered cyclic amide) rings is 1. The third-order valence-electron chi connectivity index (χ3n) is 5.51. The van der Waals surface area contributed by atoms with Crippen LogP contribution in [0.15, 0.2) is 32.3 Å². The lowest BCUT2D eigenvalue weighted by Crippen LogP contribution is -2.71. The van der Waals surface area contributed by atoms with Gasteiger partial charge in [-0.1, -0.05) is 10.3 Å². The molecule has 222 valence electrons. The Morgan fingerprint density at radius 2 is 1.74 bits per heavy atom. The fourth-order valence-corrected chi connectivity index (χ4v) is 6.34. The van der Waals surface area contributed by atoms with Crippen molar-refractivity contribution in [2.24, 2.45) is 10.3 Å². The number of carbonyl (C=O) groups excluding carboxylic acids is 4. The highest BCUT2D eigenvalue weighted by molar-refractivity contribution is 8.00. The Balaban J connectivity index is 1.46. The van der Waals surface area contributed by atoms with Gasteiger partial charge in [-0.05, 0) is 0 Å². The van der Waals surface area contributed by atoms with Crippen LogP contribution in [0.2, 0.25) is 0 Å². The second kappa shape index (κ2) is 13.0. The van der Waals surface area contributed by atoms with Gasteiger partial charge >= 0.3 is 11.9 Å². The Hall–Kier alpha value is -4.56. The first-order valence-corrected chi connectivity index (χ1v) is 14.4. The summed E-state index contributed by atoms with van der Waals surface area (Å²) in [4.78, 5) is 80.8. The summed E-state index contributed by atoms with van der Waals surface area (Å²) in [6.45, 7) is 0.909. The van der Waals surface area contributed by atoms with E-state index < -0.39 is 41.1 Å². The number of esters is 1. The van der Waals surface area contributed by atoms with Gasteiger partial charge in [-0.2, -0.15) is 0 Å². The van der Waals surface area contributed by atoms with Gasteiger partial charge in [0.25, 0.3) is 17.7 Å². The molecular weight excluding hydrogens is 616 g/mol. The molecule has 0 bridgehead atoms. The molecular formula is C22H22N8O9S3. The minimum atomic E-state index is -1.36. The molecule has 3 amide bonds. The van der Waals surface area contributed by atoms with E-state index in [4.69, 9.17) is 20.1 Å². The van der Waals surface area contributed by atoms with Crippen LogP contribution in [0, 0.1) is 0 Å². The van der Waals surface area contributed by atoms with Gasteiger partial charge in [-0.15, -0.1) is 34.4 Å². The Morgan fingerprint density at radius 3 is 2.33 bits per heavy atom. The molecule has 1 fully saturated rings. The number of thioether (sulfide) groups is 1. The molecule has 17 nitrogen and oxygen atoms in total. The number of oxime groups is 2. The fourth-order valence-electron chi connectivity index (χ4n) is 3.78. The van der Waals surface area contributed by atoms with E-state index in [9.17, 15) is 29.1 Å². The lowest BCUT2D eigenvalue weighted by Gasteiger charge is -2.49. The maximum Gasteiger partial charge on any atom is 0.352 e. The van der Waals surface area contributed by atoms with Gasteiger partial charge in [0.1, 0.15) is 49.3 Å². The van der Waals surface area contributed by atoms with E-state index in [2.05, 4.69) is 30.9 Å². The number of nitrogens with zero attached hydrogens (tertiary/aromatic N) is 5. The minimum Gasteiger partial charge on any atom is -0.477 e. The Bertz CT molecular complexity index is 1530. The van der Waals surface area contributed by atoms with Crippen molar-refractivity contribution in [3.8, 4) is 0 Å². The molecule has 20 heteroatoms. The molecule has 1 saturated heterocycles. The maximum atomic E-state index is 13.2. The number of amides is 3. The van der Waals surface area contributed by atoms with Gasteiger partial charge in [0.05, 0.1) is 0 Å². The third kappa shape index (κ3) is 6.34. The molecule has 0 aliphatic carbocycles. The predicted molar refractivity (Wildman–Crippen MR) is 151 cm³/mol. The van der Waals surface area contributed by atoms with Crippen molar-refractivity contribution in [2.45, 2.75) is 18.3 Å². The first kappa shape index (κ1) is 30.4. The number of anilines is 2. The largest absolute Gasteiger partial charge is 0.477 e. The van der Waals surface area contributed by atoms with Crippen LogP contribution in [0.3, 0.4) is 0 Å². The Morgan fingerprint density at radius 1 is 1.10 bits per heavy atom. The second-order valence-corrected chi connectivity index (χ2v) is 11.1. The fraction of sp³-hybridized carbons (Fsp3) is 0.318. The highest BCUT2D eigenvalue weighted by Gasteiger charge is 2.54. The zero-order chi connectivity index (χ0) is 30.6. The smallest absolute Gasteiger partial charge is 0.352 e. The average molecular weight is 639 g/mol. The number of hydrogen-bond donors (Lipinski definition) is 4. The Kier molecular flexibility index (Phi) is 9.38. The molecule has 0 aromatic carbocycles. The molecule has 42 heavy (non-hydrogen) atoms. The van der Waals surface area contributed by atoms with Crippen LogP contribution >= 0.6 is 34.4 Å². The second-order valence-electron chi connectivity index (χ2n) is 8.21. The van der Waals surface area contributed by atoms with Crippen LogP contribution in [0.1, 0.15) is 18.3 Å². The molecule has 0 radical (unpaired) electrons. The first-order chi connectivity index (χ1) is 20.0. The van der Waals surface area contributed by atoms with E-state index in [0.29, 0.717) is 0 Å². The summed E-state index contributed by atoms with van der Waals surface area (Å²) in [6, 6.07) is -1.08. The van der Waals surface area contributed by atoms with Crippen LogP contribution in [-0.2, 0) is 38.4 Å². The van der Waals surface area contributed by atoms with Crippen molar-refractivity contribution in [2.75, 3.05) is 37.6 Å². The summed E-state index contributed by atoms with van der Waals surface area (Å²) >= 11 is 3.27. The standard InChI is InChI=1S/C22H22N8O9S3/c1-8(31)39-4-9-5-40-19-14(18(34)30(19)15(9)20(35)36)26-16(32)13(29-38-3)11-7-42-22(25-11)27-17(33)12(28-37-2)10-6-41-21(23)24-10/h6-7,14,19H,4-5H2,1-3H3,(H2,23,24)(H,26,32)(H,35,36)(H,25,27,33)/b28-12-,29-13-/t14-,19?/m1/s1. The molecule has 2 aliphatic heterocycles. The number of nitrogens with one attached hydrogen (secondary N) is 2. The SMILES string of the molecule is CO/N=C(\C(=O)Nc1nc(/C(=N/OC)C(=O)N[C@@H]2C(=O)N3C(C(=O)O)=C(COC(C)=O)CSC23)cs1)c1csc(N)n1. The number of hydrogen-bond acceptors (Lipinski definition) is 16. The molecule has 2 aliphatic rings. The van der Waals surface area contributed by atoms with E-state index in [0.717, 1.165) is 27.6 Å². The van der Waals surface area contributed by atoms with Crippen LogP contribution < -0.4 is 16.4 Å². The maximum absolute atomic E-state index is 13.2. The summed E-state index contributed by atoms with van der Waals surface area (Å²) < 4.78 is 4.91. The molecule has 1 unspecified atom stereocenters. The van der Waals surface area contributed by atoms with Crippen LogP contribution in [0.25, 0.3) is 0 Å². The number of rotatable bonds is 11. The number of nitrogens with two attached hydrogens (primary N) is 1. The van der Waals surface area contributed by atoms with Crippen LogP contribution in [0.4, 0.5) is 10.3 Å². The van der Waals surface area contributed by atoms with E-state index in [1.807, 2.05) is 0 Å². The monoisotopic (exact) mass is 638 g/mol. The van der Waals surface area contributed by atoms with Crippen molar-refractivity contribution >= 4 is 85.8 Å². The number of carboxylic acid groups (broad SMARTS) is 1. The Labute approximate surface area is 248 Å². The van der Waals surface area contributed by atoms with Crippen LogP contribution in [0.5, 0.6) is 0 Å².